The Hall–Kier alpha value is -3.11. The Morgan fingerprint density at radius 1 is 1.19 bits per heavy atom. The van der Waals surface area contributed by atoms with Crippen LogP contribution < -0.4 is 5.32 Å². The van der Waals surface area contributed by atoms with Gasteiger partial charge in [0.25, 0.3) is 0 Å². The molecule has 2 aromatic carbocycles. The van der Waals surface area contributed by atoms with Crippen LogP contribution >= 0.6 is 11.8 Å². The summed E-state index contributed by atoms with van der Waals surface area (Å²) < 4.78 is 4.65. The van der Waals surface area contributed by atoms with Crippen molar-refractivity contribution in [2.75, 3.05) is 18.2 Å². The van der Waals surface area contributed by atoms with Gasteiger partial charge in [-0.25, -0.2) is 9.97 Å². The molecule has 7 heteroatoms. The SMILES string of the molecule is COC(=O)CCCSc1nc(Nc2ccc(C#N)cc2)c2ccccc2n1. The number of nitrogens with one attached hydrogen (secondary N) is 1. The largest absolute Gasteiger partial charge is 0.469 e. The lowest BCUT2D eigenvalue weighted by Gasteiger charge is -2.11. The van der Waals surface area contributed by atoms with Crippen molar-refractivity contribution in [1.82, 2.24) is 9.97 Å². The zero-order chi connectivity index (χ0) is 19.1. The molecule has 0 saturated carbocycles. The summed E-state index contributed by atoms with van der Waals surface area (Å²) in [5.74, 6) is 1.22. The number of fused-ring (bicyclic) bond motifs is 1. The van der Waals surface area contributed by atoms with Crippen molar-refractivity contribution in [3.8, 4) is 6.07 Å². The van der Waals surface area contributed by atoms with E-state index in [9.17, 15) is 4.79 Å². The number of hydrogen-bond acceptors (Lipinski definition) is 7. The van der Waals surface area contributed by atoms with Gasteiger partial charge in [0.05, 0.1) is 24.3 Å². The van der Waals surface area contributed by atoms with Crippen LogP contribution in [0.15, 0.2) is 53.7 Å². The second-order valence-corrected chi connectivity index (χ2v) is 6.78. The molecule has 0 unspecified atom stereocenters. The zero-order valence-electron chi connectivity index (χ0n) is 14.8. The van der Waals surface area contributed by atoms with Gasteiger partial charge in [0.1, 0.15) is 5.82 Å². The summed E-state index contributed by atoms with van der Waals surface area (Å²) in [5, 5.41) is 13.8. The van der Waals surface area contributed by atoms with Crippen LogP contribution in [0.25, 0.3) is 10.9 Å². The van der Waals surface area contributed by atoms with Gasteiger partial charge in [0, 0.05) is 23.2 Å². The highest BCUT2D eigenvalue weighted by atomic mass is 32.2. The predicted octanol–water partition coefficient (Wildman–Crippen LogP) is 4.29. The van der Waals surface area contributed by atoms with Crippen molar-refractivity contribution in [3.05, 3.63) is 54.1 Å². The Morgan fingerprint density at radius 2 is 1.96 bits per heavy atom. The molecule has 0 radical (unpaired) electrons. The summed E-state index contributed by atoms with van der Waals surface area (Å²) in [5.41, 5.74) is 2.30. The number of carbonyl (C=O) groups is 1. The van der Waals surface area contributed by atoms with E-state index in [2.05, 4.69) is 26.1 Å². The van der Waals surface area contributed by atoms with E-state index in [4.69, 9.17) is 5.26 Å². The molecule has 136 valence electrons. The van der Waals surface area contributed by atoms with Crippen molar-refractivity contribution in [2.24, 2.45) is 0 Å². The Labute approximate surface area is 161 Å². The Balaban J connectivity index is 1.80. The monoisotopic (exact) mass is 378 g/mol. The summed E-state index contributed by atoms with van der Waals surface area (Å²) in [6, 6.07) is 17.1. The highest BCUT2D eigenvalue weighted by Gasteiger charge is 2.09. The molecule has 6 nitrogen and oxygen atoms in total. The lowest BCUT2D eigenvalue weighted by atomic mass is 10.2. The number of thioether (sulfide) groups is 1. The van der Waals surface area contributed by atoms with Crippen molar-refractivity contribution in [2.45, 2.75) is 18.0 Å². The molecule has 3 rings (SSSR count). The third-order valence-electron chi connectivity index (χ3n) is 3.84. The van der Waals surface area contributed by atoms with E-state index in [1.165, 1.54) is 18.9 Å². The third-order valence-corrected chi connectivity index (χ3v) is 4.78. The summed E-state index contributed by atoms with van der Waals surface area (Å²) in [6.07, 6.45) is 1.08. The van der Waals surface area contributed by atoms with Crippen molar-refractivity contribution in [1.29, 1.82) is 5.26 Å². The second kappa shape index (κ2) is 9.01. The first kappa shape index (κ1) is 18.7. The van der Waals surface area contributed by atoms with Gasteiger partial charge in [-0.1, -0.05) is 23.9 Å². The van der Waals surface area contributed by atoms with Crippen LogP contribution in [0.3, 0.4) is 0 Å². The van der Waals surface area contributed by atoms with E-state index in [1.807, 2.05) is 36.4 Å². The van der Waals surface area contributed by atoms with E-state index >= 15 is 0 Å². The summed E-state index contributed by atoms with van der Waals surface area (Å²) in [6.45, 7) is 0. The van der Waals surface area contributed by atoms with E-state index in [-0.39, 0.29) is 5.97 Å². The smallest absolute Gasteiger partial charge is 0.305 e. The van der Waals surface area contributed by atoms with Crippen LogP contribution in [-0.4, -0.2) is 28.8 Å². The lowest BCUT2D eigenvalue weighted by molar-refractivity contribution is -0.140. The van der Waals surface area contributed by atoms with Crippen LogP contribution in [-0.2, 0) is 9.53 Å². The summed E-state index contributed by atoms with van der Waals surface area (Å²) >= 11 is 1.51. The number of aromatic nitrogens is 2. The Kier molecular flexibility index (Phi) is 6.23. The molecule has 0 aliphatic heterocycles. The van der Waals surface area contributed by atoms with Crippen LogP contribution in [0.2, 0.25) is 0 Å². The second-order valence-electron chi connectivity index (χ2n) is 5.71. The quantitative estimate of drug-likeness (QED) is 0.284. The van der Waals surface area contributed by atoms with Gasteiger partial charge in [0.2, 0.25) is 0 Å². The molecule has 1 aromatic heterocycles. The van der Waals surface area contributed by atoms with Gasteiger partial charge in [-0.15, -0.1) is 0 Å². The molecule has 0 spiro atoms. The maximum Gasteiger partial charge on any atom is 0.305 e. The number of nitrogens with zero attached hydrogens (tertiary/aromatic N) is 3. The summed E-state index contributed by atoms with van der Waals surface area (Å²) in [7, 11) is 1.39. The highest BCUT2D eigenvalue weighted by molar-refractivity contribution is 7.99. The topological polar surface area (TPSA) is 87.9 Å². The van der Waals surface area contributed by atoms with Crippen LogP contribution in [0.5, 0.6) is 0 Å². The van der Waals surface area contributed by atoms with Crippen LogP contribution in [0.4, 0.5) is 11.5 Å². The third kappa shape index (κ3) is 4.96. The fourth-order valence-electron chi connectivity index (χ4n) is 2.46. The number of benzene rings is 2. The van der Waals surface area contributed by atoms with Gasteiger partial charge in [-0.3, -0.25) is 4.79 Å². The molecule has 1 N–H and O–H groups in total. The number of ether oxygens (including phenoxy) is 1. The van der Waals surface area contributed by atoms with Crippen LogP contribution in [0, 0.1) is 11.3 Å². The lowest BCUT2D eigenvalue weighted by Crippen LogP contribution is -2.01. The average molecular weight is 378 g/mol. The van der Waals surface area contributed by atoms with Gasteiger partial charge in [0.15, 0.2) is 5.16 Å². The van der Waals surface area contributed by atoms with Gasteiger partial charge in [-0.05, 0) is 42.8 Å². The van der Waals surface area contributed by atoms with Crippen molar-refractivity contribution in [3.63, 3.8) is 0 Å². The molecule has 3 aromatic rings. The van der Waals surface area contributed by atoms with E-state index < -0.39 is 0 Å². The maximum atomic E-state index is 11.2. The summed E-state index contributed by atoms with van der Waals surface area (Å²) in [4.78, 5) is 20.4. The molecule has 0 bridgehead atoms. The number of rotatable bonds is 7. The number of anilines is 2. The normalized spacial score (nSPS) is 10.4. The van der Waals surface area contributed by atoms with Gasteiger partial charge >= 0.3 is 5.97 Å². The fraction of sp³-hybridized carbons (Fsp3) is 0.200. The van der Waals surface area contributed by atoms with E-state index in [1.54, 1.807) is 12.1 Å². The van der Waals surface area contributed by atoms with Gasteiger partial charge < -0.3 is 10.1 Å². The Bertz CT molecular complexity index is 983. The van der Waals surface area contributed by atoms with Crippen molar-refractivity contribution >= 4 is 40.1 Å². The van der Waals surface area contributed by atoms with Crippen molar-refractivity contribution < 1.29 is 9.53 Å². The number of nitriles is 1. The minimum Gasteiger partial charge on any atom is -0.469 e. The number of para-hydroxylation sites is 1. The molecule has 27 heavy (non-hydrogen) atoms. The molecule has 0 amide bonds. The number of hydrogen-bond donors (Lipinski definition) is 1. The first-order valence-electron chi connectivity index (χ1n) is 8.43. The van der Waals surface area contributed by atoms with Gasteiger partial charge in [-0.2, -0.15) is 5.26 Å². The average Bonchev–Trinajstić information content (AvgIpc) is 2.71. The number of methoxy groups -OCH3 is 1. The van der Waals surface area contributed by atoms with Crippen LogP contribution in [0.1, 0.15) is 18.4 Å². The molecule has 0 atom stereocenters. The minimum atomic E-state index is -0.210. The molecule has 0 aliphatic rings. The molecular weight excluding hydrogens is 360 g/mol. The number of carbonyl (C=O) groups excluding carboxylic acids is 1. The molecular formula is C20H18N4O2S. The minimum absolute atomic E-state index is 0.210. The maximum absolute atomic E-state index is 11.2. The standard InChI is InChI=1S/C20H18N4O2S/c1-26-18(25)7-4-12-27-20-23-17-6-3-2-5-16(17)19(24-20)22-15-10-8-14(13-21)9-11-15/h2-3,5-6,8-11H,4,7,12H2,1H3,(H,22,23,24). The molecule has 1 heterocycles. The Morgan fingerprint density at radius 3 is 2.70 bits per heavy atom. The van der Waals surface area contributed by atoms with E-state index in [0.717, 1.165) is 22.3 Å². The zero-order valence-corrected chi connectivity index (χ0v) is 15.6. The van der Waals surface area contributed by atoms with E-state index in [0.29, 0.717) is 29.4 Å². The number of esters is 1. The molecule has 0 fully saturated rings. The molecule has 0 saturated heterocycles. The highest BCUT2D eigenvalue weighted by Crippen LogP contribution is 2.27. The fourth-order valence-corrected chi connectivity index (χ4v) is 3.25. The first-order valence-corrected chi connectivity index (χ1v) is 9.42. The predicted molar refractivity (Wildman–Crippen MR) is 106 cm³/mol. The first-order chi connectivity index (χ1) is 13.2. The molecule has 0 aliphatic carbocycles.